The summed E-state index contributed by atoms with van der Waals surface area (Å²) < 4.78 is 0. The second kappa shape index (κ2) is 3.52. The maximum atomic E-state index is 11.7. The van der Waals surface area contributed by atoms with Gasteiger partial charge in [0.25, 0.3) is 0 Å². The first-order chi connectivity index (χ1) is 7.42. The number of benzene rings is 1. The van der Waals surface area contributed by atoms with Crippen LogP contribution in [0.5, 0.6) is 0 Å². The van der Waals surface area contributed by atoms with Crippen LogP contribution in [0.2, 0.25) is 0 Å². The normalized spacial score (nSPS) is 17.5. The Hall–Kier alpha value is -1.49. The van der Waals surface area contributed by atoms with Crippen LogP contribution in [0.3, 0.4) is 0 Å². The number of hydrogen-bond acceptors (Lipinski definition) is 4. The van der Waals surface area contributed by atoms with Crippen LogP contribution in [0.1, 0.15) is 24.2 Å². The van der Waals surface area contributed by atoms with Crippen molar-refractivity contribution in [2.24, 2.45) is 0 Å². The summed E-state index contributed by atoms with van der Waals surface area (Å²) in [6, 6.07) is 4.91. The van der Waals surface area contributed by atoms with Crippen molar-refractivity contribution in [2.45, 2.75) is 24.3 Å². The quantitative estimate of drug-likeness (QED) is 0.783. The Kier molecular flexibility index (Phi) is 2.42. The fourth-order valence-electron chi connectivity index (χ4n) is 1.51. The van der Waals surface area contributed by atoms with Crippen LogP contribution in [0, 0.1) is 0 Å². The van der Waals surface area contributed by atoms with Crippen molar-refractivity contribution in [1.29, 1.82) is 0 Å². The Balaban J connectivity index is 2.56. The summed E-state index contributed by atoms with van der Waals surface area (Å²) in [4.78, 5) is 23.4. The summed E-state index contributed by atoms with van der Waals surface area (Å²) in [5.74, 6) is -0.991. The van der Waals surface area contributed by atoms with Crippen LogP contribution in [0.4, 0.5) is 5.69 Å². The van der Waals surface area contributed by atoms with E-state index in [4.69, 9.17) is 5.11 Å². The Morgan fingerprint density at radius 3 is 2.75 bits per heavy atom. The van der Waals surface area contributed by atoms with E-state index in [0.29, 0.717) is 10.6 Å². The van der Waals surface area contributed by atoms with Gasteiger partial charge in [0, 0.05) is 4.90 Å². The molecular formula is C11H11NO3S. The van der Waals surface area contributed by atoms with Crippen molar-refractivity contribution in [3.05, 3.63) is 23.8 Å². The first kappa shape index (κ1) is 11.0. The smallest absolute Gasteiger partial charge is 0.337 e. The number of carbonyl (C=O) groups excluding carboxylic acids is 1. The lowest BCUT2D eigenvalue weighted by molar-refractivity contribution is -0.114. The van der Waals surface area contributed by atoms with E-state index in [2.05, 4.69) is 5.32 Å². The molecule has 5 heteroatoms. The number of nitrogens with one attached hydrogen (secondary N) is 1. The Morgan fingerprint density at radius 2 is 2.12 bits per heavy atom. The molecule has 0 atom stereocenters. The van der Waals surface area contributed by atoms with Crippen LogP contribution < -0.4 is 5.32 Å². The lowest BCUT2D eigenvalue weighted by atomic mass is 10.0. The highest BCUT2D eigenvalue weighted by Gasteiger charge is 2.35. The van der Waals surface area contributed by atoms with E-state index in [1.54, 1.807) is 26.0 Å². The molecule has 0 aliphatic carbocycles. The van der Waals surface area contributed by atoms with Gasteiger partial charge in [-0.05, 0) is 37.7 Å². The topological polar surface area (TPSA) is 66.4 Å². The number of anilines is 1. The SMILES string of the molecule is CC1(C)Nc2c(cccc2C(=O)O)SC1=O. The molecule has 1 aromatic carbocycles. The first-order valence-corrected chi connectivity index (χ1v) is 5.60. The molecule has 2 N–H and O–H groups in total. The highest BCUT2D eigenvalue weighted by molar-refractivity contribution is 8.14. The zero-order valence-corrected chi connectivity index (χ0v) is 9.72. The number of hydrogen-bond donors (Lipinski definition) is 2. The van der Waals surface area contributed by atoms with Crippen LogP contribution in [-0.4, -0.2) is 21.7 Å². The summed E-state index contributed by atoms with van der Waals surface area (Å²) in [6.07, 6.45) is 0. The monoisotopic (exact) mass is 237 g/mol. The molecule has 4 nitrogen and oxygen atoms in total. The summed E-state index contributed by atoms with van der Waals surface area (Å²) in [6.45, 7) is 3.48. The van der Waals surface area contributed by atoms with E-state index < -0.39 is 11.5 Å². The summed E-state index contributed by atoms with van der Waals surface area (Å²) in [5.41, 5.74) is -0.00127. The van der Waals surface area contributed by atoms with Crippen LogP contribution in [-0.2, 0) is 4.79 Å². The molecular weight excluding hydrogens is 226 g/mol. The van der Waals surface area contributed by atoms with E-state index in [9.17, 15) is 9.59 Å². The molecule has 0 spiro atoms. The number of para-hydroxylation sites is 1. The zero-order valence-electron chi connectivity index (χ0n) is 8.90. The second-order valence-corrected chi connectivity index (χ2v) is 5.14. The van der Waals surface area contributed by atoms with Gasteiger partial charge in [0.05, 0.1) is 11.3 Å². The fraction of sp³-hybridized carbons (Fsp3) is 0.273. The number of carboxylic acids is 1. The molecule has 0 saturated carbocycles. The standard InChI is InChI=1S/C11H11NO3S/c1-11(2)10(15)16-7-5-3-4-6(9(13)14)8(7)12-11/h3-5,12H,1-2H3,(H,13,14). The van der Waals surface area contributed by atoms with Crippen molar-refractivity contribution in [2.75, 3.05) is 5.32 Å². The van der Waals surface area contributed by atoms with Gasteiger partial charge < -0.3 is 10.4 Å². The third-order valence-corrected chi connectivity index (χ3v) is 3.66. The van der Waals surface area contributed by atoms with Crippen molar-refractivity contribution < 1.29 is 14.7 Å². The molecule has 1 aliphatic heterocycles. The largest absolute Gasteiger partial charge is 0.478 e. The molecule has 1 aromatic rings. The maximum Gasteiger partial charge on any atom is 0.337 e. The number of carboxylic acid groups (broad SMARTS) is 1. The van der Waals surface area contributed by atoms with Crippen molar-refractivity contribution in [1.82, 2.24) is 0 Å². The van der Waals surface area contributed by atoms with Gasteiger partial charge in [-0.1, -0.05) is 6.07 Å². The number of aromatic carboxylic acids is 1. The molecule has 0 radical (unpaired) electrons. The molecule has 0 unspecified atom stereocenters. The molecule has 0 aromatic heterocycles. The van der Waals surface area contributed by atoms with E-state index in [0.717, 1.165) is 11.8 Å². The highest BCUT2D eigenvalue weighted by atomic mass is 32.2. The molecule has 0 bridgehead atoms. The number of thioether (sulfide) groups is 1. The van der Waals surface area contributed by atoms with Gasteiger partial charge in [-0.15, -0.1) is 0 Å². The Morgan fingerprint density at radius 1 is 1.44 bits per heavy atom. The summed E-state index contributed by atoms with van der Waals surface area (Å²) >= 11 is 1.09. The third-order valence-electron chi connectivity index (χ3n) is 2.41. The predicted molar refractivity (Wildman–Crippen MR) is 62.0 cm³/mol. The average Bonchev–Trinajstić information content (AvgIpc) is 2.18. The third kappa shape index (κ3) is 1.67. The van der Waals surface area contributed by atoms with Gasteiger partial charge in [0.15, 0.2) is 0 Å². The maximum absolute atomic E-state index is 11.7. The van der Waals surface area contributed by atoms with Crippen LogP contribution in [0.15, 0.2) is 23.1 Å². The second-order valence-electron chi connectivity index (χ2n) is 4.12. The Bertz CT molecular complexity index is 482. The number of carbonyl (C=O) groups is 2. The van der Waals surface area contributed by atoms with Crippen molar-refractivity contribution in [3.8, 4) is 0 Å². The molecule has 1 aliphatic rings. The van der Waals surface area contributed by atoms with Gasteiger partial charge in [0.1, 0.15) is 5.54 Å². The minimum Gasteiger partial charge on any atom is -0.478 e. The van der Waals surface area contributed by atoms with Crippen LogP contribution in [0.25, 0.3) is 0 Å². The van der Waals surface area contributed by atoms with Gasteiger partial charge in [0.2, 0.25) is 5.12 Å². The molecule has 0 fully saturated rings. The van der Waals surface area contributed by atoms with Crippen LogP contribution >= 0.6 is 11.8 Å². The first-order valence-electron chi connectivity index (χ1n) is 4.78. The van der Waals surface area contributed by atoms with E-state index in [-0.39, 0.29) is 10.7 Å². The van der Waals surface area contributed by atoms with Gasteiger partial charge in [-0.3, -0.25) is 4.79 Å². The van der Waals surface area contributed by atoms with Crippen molar-refractivity contribution >= 4 is 28.5 Å². The molecule has 84 valence electrons. The molecule has 0 amide bonds. The lowest BCUT2D eigenvalue weighted by Gasteiger charge is -2.32. The number of fused-ring (bicyclic) bond motifs is 1. The average molecular weight is 237 g/mol. The van der Waals surface area contributed by atoms with Crippen molar-refractivity contribution in [3.63, 3.8) is 0 Å². The molecule has 2 rings (SSSR count). The molecule has 16 heavy (non-hydrogen) atoms. The van der Waals surface area contributed by atoms with Gasteiger partial charge in [-0.25, -0.2) is 4.79 Å². The van der Waals surface area contributed by atoms with Gasteiger partial charge in [-0.2, -0.15) is 0 Å². The van der Waals surface area contributed by atoms with E-state index in [1.807, 2.05) is 0 Å². The molecule has 1 heterocycles. The Labute approximate surface area is 97.0 Å². The van der Waals surface area contributed by atoms with E-state index >= 15 is 0 Å². The van der Waals surface area contributed by atoms with Gasteiger partial charge >= 0.3 is 5.97 Å². The summed E-state index contributed by atoms with van der Waals surface area (Å²) in [5, 5.41) is 12.0. The predicted octanol–water partition coefficient (Wildman–Crippen LogP) is 2.21. The zero-order chi connectivity index (χ0) is 11.9. The lowest BCUT2D eigenvalue weighted by Crippen LogP contribution is -2.41. The number of rotatable bonds is 1. The van der Waals surface area contributed by atoms with E-state index in [1.165, 1.54) is 6.07 Å². The fourth-order valence-corrected chi connectivity index (χ4v) is 2.43. The minimum absolute atomic E-state index is 0.0115. The summed E-state index contributed by atoms with van der Waals surface area (Å²) in [7, 11) is 0. The molecule has 0 saturated heterocycles. The highest BCUT2D eigenvalue weighted by Crippen LogP contribution is 2.40. The minimum atomic E-state index is -0.991.